The smallest absolute Gasteiger partial charge is 0.296 e. The molecule has 2 amide bonds. The average molecular weight is 1080 g/mol. The lowest BCUT2D eigenvalue weighted by Gasteiger charge is -2.21. The number of carbonyl (C=O) groups is 4. The minimum Gasteiger partial charge on any atom is -0.321 e. The third-order valence-electron chi connectivity index (χ3n) is 11.1. The van der Waals surface area contributed by atoms with Crippen molar-refractivity contribution in [2.45, 2.75) is 9.79 Å². The van der Waals surface area contributed by atoms with Gasteiger partial charge in [0.2, 0.25) is 11.6 Å². The Morgan fingerprint density at radius 3 is 1.18 bits per heavy atom. The lowest BCUT2D eigenvalue weighted by molar-refractivity contribution is 0.101. The van der Waals surface area contributed by atoms with Gasteiger partial charge in [0.25, 0.3) is 52.3 Å². The first kappa shape index (κ1) is 50.2. The standard InChI is InChI=1S/C46H30N8O16S4/c55-43-37-27(19-35(73(65,66)67)41(43)53-51-31-9-1-5-23-7-3-15-47-39(23)31)17-29(71(59,60)61)21-33(37)49-45(57)25-11-13-26(14-12-25)46(58)50-34-22-30(72(62,63)64)18-28-20-36(74(68,69)70)42(44(56)38(28)34)54-52-32-10-2-6-24-8-4-16-48-40(24)32/h1-22,51-52H,(H,49,57)(H,50,58)(H,59,60,61)(H,62,63,64)(H,65,66,67)(H,68,69,70)/b53-41+,54-42+. The van der Waals surface area contributed by atoms with Crippen molar-refractivity contribution < 1.29 is 71.1 Å². The van der Waals surface area contributed by atoms with Gasteiger partial charge < -0.3 is 10.6 Å². The van der Waals surface area contributed by atoms with E-state index in [2.05, 4.69) is 41.7 Å². The second kappa shape index (κ2) is 18.7. The van der Waals surface area contributed by atoms with Crippen LogP contribution in [-0.2, 0) is 40.5 Å². The summed E-state index contributed by atoms with van der Waals surface area (Å²) < 4.78 is 140. The van der Waals surface area contributed by atoms with E-state index >= 15 is 0 Å². The molecule has 2 aliphatic rings. The van der Waals surface area contributed by atoms with Crippen molar-refractivity contribution in [2.75, 3.05) is 21.5 Å². The van der Waals surface area contributed by atoms with E-state index in [0.29, 0.717) is 58.2 Å². The molecule has 5 aromatic carbocycles. The van der Waals surface area contributed by atoms with E-state index in [4.69, 9.17) is 0 Å². The summed E-state index contributed by atoms with van der Waals surface area (Å²) in [5.74, 6) is -4.66. The summed E-state index contributed by atoms with van der Waals surface area (Å²) in [6.45, 7) is 0. The molecule has 2 aliphatic carbocycles. The summed E-state index contributed by atoms with van der Waals surface area (Å²) in [6, 6.07) is 23.4. The number of Topliss-reactive ketones (excluding diaryl/α,β-unsaturated/α-hetero) is 2. The van der Waals surface area contributed by atoms with Gasteiger partial charge >= 0.3 is 0 Å². The summed E-state index contributed by atoms with van der Waals surface area (Å²) in [6.07, 6.45) is 4.31. The molecule has 9 rings (SSSR count). The maximum Gasteiger partial charge on any atom is 0.296 e. The lowest BCUT2D eigenvalue weighted by Crippen LogP contribution is -2.29. The largest absolute Gasteiger partial charge is 0.321 e. The number of fused-ring (bicyclic) bond motifs is 4. The Kier molecular flexibility index (Phi) is 12.7. The number of nitrogens with zero attached hydrogens (tertiary/aromatic N) is 4. The molecule has 0 aliphatic heterocycles. The summed E-state index contributed by atoms with van der Waals surface area (Å²) in [7, 11) is -20.8. The number of ketones is 2. The fourth-order valence-electron chi connectivity index (χ4n) is 7.77. The van der Waals surface area contributed by atoms with Crippen molar-refractivity contribution in [3.8, 4) is 0 Å². The zero-order valence-corrected chi connectivity index (χ0v) is 40.1. The Bertz CT molecular complexity index is 3990. The molecule has 374 valence electrons. The SMILES string of the molecule is O=C(Nc1cc(S(=O)(=O)O)cc2c1C(=O)/C(=N/Nc1cccc3cccnc13)C(S(=O)(=O)O)=C2)c1ccc(C(=O)Nc2cc(S(=O)(=O)O)cc3c2C(=O)/C(=N/Nc2cccc4cccnc24)C(S(=O)(=O)O)=C3)cc1. The number of carbonyl (C=O) groups excluding carboxylic acids is 4. The third kappa shape index (κ3) is 9.92. The van der Waals surface area contributed by atoms with Crippen molar-refractivity contribution >= 4 is 132 Å². The number of nitrogens with one attached hydrogen (secondary N) is 4. The highest BCUT2D eigenvalue weighted by Crippen LogP contribution is 2.36. The summed E-state index contributed by atoms with van der Waals surface area (Å²) in [5, 5.41) is 13.9. The van der Waals surface area contributed by atoms with E-state index < -0.39 is 129 Å². The first-order valence-electron chi connectivity index (χ1n) is 20.7. The molecule has 0 atom stereocenters. The van der Waals surface area contributed by atoms with Crippen LogP contribution in [-0.4, -0.2) is 96.7 Å². The van der Waals surface area contributed by atoms with Gasteiger partial charge in [0.15, 0.2) is 11.4 Å². The molecule has 24 nitrogen and oxygen atoms in total. The number of benzene rings is 5. The summed E-state index contributed by atoms with van der Waals surface area (Å²) >= 11 is 0. The number of amides is 2. The number of para-hydroxylation sites is 2. The lowest BCUT2D eigenvalue weighted by atomic mass is 9.92. The molecule has 2 aromatic heterocycles. The zero-order chi connectivity index (χ0) is 53.1. The van der Waals surface area contributed by atoms with Gasteiger partial charge in [0.05, 0.1) is 54.7 Å². The van der Waals surface area contributed by atoms with Gasteiger partial charge in [-0.05, 0) is 96.1 Å². The molecular weight excluding hydrogens is 1050 g/mol. The maximum atomic E-state index is 14.2. The third-order valence-corrected chi connectivity index (χ3v) is 14.5. The molecule has 0 saturated carbocycles. The van der Waals surface area contributed by atoms with Crippen LogP contribution >= 0.6 is 0 Å². The molecule has 8 N–H and O–H groups in total. The van der Waals surface area contributed by atoms with E-state index in [1.807, 2.05) is 0 Å². The molecule has 28 heteroatoms. The minimum atomic E-state index is -5.28. The van der Waals surface area contributed by atoms with Crippen LogP contribution in [0.2, 0.25) is 0 Å². The van der Waals surface area contributed by atoms with Gasteiger partial charge in [0.1, 0.15) is 9.81 Å². The fourth-order valence-corrected chi connectivity index (χ4v) is 10.2. The van der Waals surface area contributed by atoms with Crippen molar-refractivity contribution in [2.24, 2.45) is 10.2 Å². The zero-order valence-electron chi connectivity index (χ0n) is 36.8. The molecule has 2 heterocycles. The van der Waals surface area contributed by atoms with Crippen LogP contribution in [0.25, 0.3) is 34.0 Å². The van der Waals surface area contributed by atoms with Crippen LogP contribution in [0.1, 0.15) is 52.6 Å². The molecule has 0 spiro atoms. The number of hydrogen-bond donors (Lipinski definition) is 8. The number of anilines is 4. The van der Waals surface area contributed by atoms with Crippen LogP contribution in [0.3, 0.4) is 0 Å². The Morgan fingerprint density at radius 2 is 0.824 bits per heavy atom. The van der Waals surface area contributed by atoms with E-state index in [1.54, 1.807) is 48.5 Å². The van der Waals surface area contributed by atoms with Gasteiger partial charge in [-0.2, -0.15) is 43.9 Å². The number of rotatable bonds is 12. The Labute approximate surface area is 417 Å². The quantitative estimate of drug-likeness (QED) is 0.0547. The van der Waals surface area contributed by atoms with Gasteiger partial charge in [-0.1, -0.05) is 36.4 Å². The Hall–Kier alpha value is -8.74. The number of hydrazone groups is 2. The van der Waals surface area contributed by atoms with Gasteiger partial charge in [-0.15, -0.1) is 0 Å². The van der Waals surface area contributed by atoms with Crippen LogP contribution in [0.5, 0.6) is 0 Å². The highest BCUT2D eigenvalue weighted by atomic mass is 32.2. The number of allylic oxidation sites excluding steroid dienone is 2. The van der Waals surface area contributed by atoms with E-state index in [1.165, 1.54) is 24.5 Å². The minimum absolute atomic E-state index is 0.199. The van der Waals surface area contributed by atoms with Crippen molar-refractivity contribution in [3.05, 3.63) is 165 Å². The highest BCUT2D eigenvalue weighted by molar-refractivity contribution is 7.91. The summed E-state index contributed by atoms with van der Waals surface area (Å²) in [5.41, 5.74) is 0.607. The molecule has 0 unspecified atom stereocenters. The normalized spacial score (nSPS) is 15.0. The summed E-state index contributed by atoms with van der Waals surface area (Å²) in [4.78, 5) is 60.5. The maximum absolute atomic E-state index is 14.2. The van der Waals surface area contributed by atoms with Crippen LogP contribution in [0.15, 0.2) is 151 Å². The highest BCUT2D eigenvalue weighted by Gasteiger charge is 2.38. The van der Waals surface area contributed by atoms with E-state index in [-0.39, 0.29) is 22.5 Å². The van der Waals surface area contributed by atoms with E-state index in [0.717, 1.165) is 24.3 Å². The van der Waals surface area contributed by atoms with Crippen LogP contribution in [0, 0.1) is 0 Å². The number of aromatic nitrogens is 2. The van der Waals surface area contributed by atoms with Gasteiger partial charge in [-0.3, -0.25) is 58.2 Å². The Balaban J connectivity index is 1.03. The topological polar surface area (TPSA) is 384 Å². The van der Waals surface area contributed by atoms with E-state index in [9.17, 15) is 71.1 Å². The van der Waals surface area contributed by atoms with Crippen LogP contribution < -0.4 is 21.5 Å². The van der Waals surface area contributed by atoms with Crippen molar-refractivity contribution in [3.63, 3.8) is 0 Å². The predicted octanol–water partition coefficient (Wildman–Crippen LogP) is 5.57. The molecule has 0 radical (unpaired) electrons. The number of hydrogen-bond acceptors (Lipinski definition) is 18. The molecular formula is C46H30N8O16S4. The first-order valence-corrected chi connectivity index (χ1v) is 26.5. The van der Waals surface area contributed by atoms with Gasteiger partial charge in [-0.25, -0.2) is 0 Å². The van der Waals surface area contributed by atoms with Crippen LogP contribution in [0.4, 0.5) is 22.7 Å². The molecule has 7 aromatic rings. The van der Waals surface area contributed by atoms with Gasteiger partial charge in [0, 0.05) is 34.3 Å². The number of pyridine rings is 2. The second-order valence-corrected chi connectivity index (χ2v) is 21.5. The fraction of sp³-hybridized carbons (Fsp3) is 0. The van der Waals surface area contributed by atoms with Crippen molar-refractivity contribution in [1.82, 2.24) is 9.97 Å². The first-order chi connectivity index (χ1) is 34.9. The Morgan fingerprint density at radius 1 is 0.459 bits per heavy atom. The van der Waals surface area contributed by atoms with Crippen molar-refractivity contribution in [1.29, 1.82) is 0 Å². The second-order valence-electron chi connectivity index (χ2n) is 15.8. The average Bonchev–Trinajstić information content (AvgIpc) is 3.34. The molecule has 74 heavy (non-hydrogen) atoms. The predicted molar refractivity (Wildman–Crippen MR) is 268 cm³/mol. The molecule has 0 bridgehead atoms. The monoisotopic (exact) mass is 1080 g/mol. The molecule has 0 fully saturated rings. The molecule has 0 saturated heterocycles.